The molecule has 1 aromatic carbocycles. The second-order valence-corrected chi connectivity index (χ2v) is 8.88. The Labute approximate surface area is 191 Å². The summed E-state index contributed by atoms with van der Waals surface area (Å²) >= 11 is 6.55. The topological polar surface area (TPSA) is 97.2 Å². The maximum atomic E-state index is 15.6. The first-order valence-corrected chi connectivity index (χ1v) is 11.1. The zero-order chi connectivity index (χ0) is 22.7. The maximum absolute atomic E-state index is 15.6. The number of alkyl halides is 1. The van der Waals surface area contributed by atoms with Crippen molar-refractivity contribution in [2.75, 3.05) is 18.5 Å². The first kappa shape index (κ1) is 20.5. The summed E-state index contributed by atoms with van der Waals surface area (Å²) in [6.07, 6.45) is 7.16. The van der Waals surface area contributed by atoms with Crippen LogP contribution in [0.5, 0.6) is 0 Å². The Hall–Kier alpha value is -3.11. The number of aromatic nitrogens is 5. The predicted molar refractivity (Wildman–Crippen MR) is 117 cm³/mol. The molecule has 4 aromatic rings. The van der Waals surface area contributed by atoms with Crippen molar-refractivity contribution < 1.29 is 18.3 Å². The predicted octanol–water partition coefficient (Wildman–Crippen LogP) is 4.26. The van der Waals surface area contributed by atoms with Gasteiger partial charge in [0.25, 0.3) is 0 Å². The molecule has 0 spiro atoms. The number of hydrogen-bond acceptors (Lipinski definition) is 5. The number of fused-ring (bicyclic) bond motifs is 2. The highest BCUT2D eigenvalue weighted by atomic mass is 35.5. The lowest BCUT2D eigenvalue weighted by molar-refractivity contribution is -0.117. The van der Waals surface area contributed by atoms with Gasteiger partial charge >= 0.3 is 0 Å². The molecule has 1 saturated heterocycles. The summed E-state index contributed by atoms with van der Waals surface area (Å²) in [6.45, 7) is 1.10. The third kappa shape index (κ3) is 3.44. The molecule has 0 bridgehead atoms. The van der Waals surface area contributed by atoms with Gasteiger partial charge in [-0.15, -0.1) is 0 Å². The van der Waals surface area contributed by atoms with Crippen LogP contribution in [0.15, 0.2) is 24.8 Å². The smallest absolute Gasteiger partial charge is 0.231 e. The highest BCUT2D eigenvalue weighted by molar-refractivity contribution is 6.35. The van der Waals surface area contributed by atoms with Crippen LogP contribution in [0, 0.1) is 11.7 Å². The molecule has 1 aliphatic heterocycles. The van der Waals surface area contributed by atoms with E-state index in [0.29, 0.717) is 46.6 Å². The van der Waals surface area contributed by atoms with Gasteiger partial charge in [-0.1, -0.05) is 11.6 Å². The molecule has 33 heavy (non-hydrogen) atoms. The van der Waals surface area contributed by atoms with Crippen LogP contribution in [0.1, 0.15) is 30.7 Å². The lowest BCUT2D eigenvalue weighted by Gasteiger charge is -2.24. The highest BCUT2D eigenvalue weighted by Gasteiger charge is 2.43. The SMILES string of the molecule is O=C(Nc1cn2cc(-c3c(Cl)c(F)c(C4CCCOC4)c4[nH]ncc34)ncc2n1)C1CC1F. The number of ether oxygens (including phenoxy) is 1. The first-order valence-electron chi connectivity index (χ1n) is 10.7. The Balaban J connectivity index is 1.41. The second kappa shape index (κ2) is 7.74. The van der Waals surface area contributed by atoms with Crippen LogP contribution in [0.2, 0.25) is 5.02 Å². The molecular formula is C22H19ClF2N6O2. The molecule has 1 amide bonds. The largest absolute Gasteiger partial charge is 0.381 e. The minimum absolute atomic E-state index is 0.0345. The van der Waals surface area contributed by atoms with Crippen LogP contribution in [0.4, 0.5) is 14.6 Å². The minimum Gasteiger partial charge on any atom is -0.381 e. The van der Waals surface area contributed by atoms with E-state index in [4.69, 9.17) is 16.3 Å². The fourth-order valence-corrected chi connectivity index (χ4v) is 4.78. The normalized spacial score (nSPS) is 22.7. The van der Waals surface area contributed by atoms with E-state index in [1.807, 2.05) is 0 Å². The van der Waals surface area contributed by atoms with Crippen molar-refractivity contribution in [2.24, 2.45) is 5.92 Å². The van der Waals surface area contributed by atoms with Crippen LogP contribution < -0.4 is 5.32 Å². The average molecular weight is 473 g/mol. The summed E-state index contributed by atoms with van der Waals surface area (Å²) < 4.78 is 35.9. The van der Waals surface area contributed by atoms with E-state index in [-0.39, 0.29) is 23.2 Å². The highest BCUT2D eigenvalue weighted by Crippen LogP contribution is 2.42. The standard InChI is InChI=1S/C22H19ClF2N6O2/c23-19-18(12-5-27-30-21(12)17(20(19)25)10-2-1-3-33-9-10)14-7-31-8-15(28-16(31)6-26-14)29-22(32)11-4-13(11)24/h5-8,10-11,13H,1-4,9H2,(H,27,30)(H,29,32). The first-order chi connectivity index (χ1) is 16.0. The van der Waals surface area contributed by atoms with Gasteiger partial charge in [-0.2, -0.15) is 5.10 Å². The number of imidazole rings is 1. The zero-order valence-electron chi connectivity index (χ0n) is 17.3. The molecule has 2 fully saturated rings. The van der Waals surface area contributed by atoms with Gasteiger partial charge in [-0.25, -0.2) is 13.8 Å². The van der Waals surface area contributed by atoms with Gasteiger partial charge < -0.3 is 14.5 Å². The van der Waals surface area contributed by atoms with E-state index in [2.05, 4.69) is 25.5 Å². The summed E-state index contributed by atoms with van der Waals surface area (Å²) in [5, 5.41) is 10.3. The Morgan fingerprint density at radius 3 is 2.94 bits per heavy atom. The molecule has 1 aliphatic carbocycles. The number of nitrogens with one attached hydrogen (secondary N) is 2. The number of aromatic amines is 1. The van der Waals surface area contributed by atoms with Crippen molar-refractivity contribution in [1.82, 2.24) is 24.6 Å². The van der Waals surface area contributed by atoms with Gasteiger partial charge in [-0.05, 0) is 19.3 Å². The third-order valence-electron chi connectivity index (χ3n) is 6.29. The average Bonchev–Trinajstić information content (AvgIpc) is 3.18. The van der Waals surface area contributed by atoms with Crippen molar-refractivity contribution >= 4 is 39.9 Å². The summed E-state index contributed by atoms with van der Waals surface area (Å²) in [7, 11) is 0. The fourth-order valence-electron chi connectivity index (χ4n) is 4.48. The molecule has 4 heterocycles. The lowest BCUT2D eigenvalue weighted by Crippen LogP contribution is -2.17. The maximum Gasteiger partial charge on any atom is 0.231 e. The van der Waals surface area contributed by atoms with Crippen LogP contribution in [-0.4, -0.2) is 49.9 Å². The molecule has 2 N–H and O–H groups in total. The number of halogens is 3. The minimum atomic E-state index is -1.09. The number of hydrogen-bond donors (Lipinski definition) is 2. The number of anilines is 1. The van der Waals surface area contributed by atoms with Crippen molar-refractivity contribution in [1.29, 1.82) is 0 Å². The van der Waals surface area contributed by atoms with Crippen molar-refractivity contribution in [3.8, 4) is 11.3 Å². The van der Waals surface area contributed by atoms with Crippen molar-refractivity contribution in [3.05, 3.63) is 41.2 Å². The molecule has 3 atom stereocenters. The summed E-state index contributed by atoms with van der Waals surface area (Å²) in [6, 6.07) is 0. The number of rotatable bonds is 4. The van der Waals surface area contributed by atoms with E-state index >= 15 is 4.39 Å². The molecular weight excluding hydrogens is 454 g/mol. The van der Waals surface area contributed by atoms with E-state index in [1.54, 1.807) is 23.0 Å². The molecule has 3 aromatic heterocycles. The van der Waals surface area contributed by atoms with Gasteiger partial charge in [0, 0.05) is 35.2 Å². The number of H-pyrrole nitrogens is 1. The van der Waals surface area contributed by atoms with E-state index in [0.717, 1.165) is 12.8 Å². The van der Waals surface area contributed by atoms with E-state index in [1.165, 1.54) is 6.20 Å². The summed E-state index contributed by atoms with van der Waals surface area (Å²) in [5.41, 5.74) is 2.37. The van der Waals surface area contributed by atoms with E-state index < -0.39 is 23.8 Å². The van der Waals surface area contributed by atoms with Crippen molar-refractivity contribution in [3.63, 3.8) is 0 Å². The second-order valence-electron chi connectivity index (χ2n) is 8.50. The van der Waals surface area contributed by atoms with E-state index in [9.17, 15) is 9.18 Å². The van der Waals surface area contributed by atoms with Crippen LogP contribution in [0.3, 0.4) is 0 Å². The van der Waals surface area contributed by atoms with Crippen LogP contribution in [0.25, 0.3) is 27.8 Å². The Morgan fingerprint density at radius 2 is 2.18 bits per heavy atom. The number of nitrogens with zero attached hydrogens (tertiary/aromatic N) is 4. The molecule has 170 valence electrons. The lowest BCUT2D eigenvalue weighted by atomic mass is 9.89. The van der Waals surface area contributed by atoms with Crippen LogP contribution >= 0.6 is 11.6 Å². The monoisotopic (exact) mass is 472 g/mol. The Morgan fingerprint density at radius 1 is 1.33 bits per heavy atom. The molecule has 6 rings (SSSR count). The Kier molecular flexibility index (Phi) is 4.81. The molecule has 2 aliphatic rings. The number of benzene rings is 1. The molecule has 1 saturated carbocycles. The van der Waals surface area contributed by atoms with Gasteiger partial charge in [0.1, 0.15) is 12.0 Å². The number of carbonyl (C=O) groups is 1. The summed E-state index contributed by atoms with van der Waals surface area (Å²) in [4.78, 5) is 20.7. The summed E-state index contributed by atoms with van der Waals surface area (Å²) in [5.74, 6) is -1.35. The quantitative estimate of drug-likeness (QED) is 0.462. The third-order valence-corrected chi connectivity index (χ3v) is 6.65. The van der Waals surface area contributed by atoms with Crippen LogP contribution in [-0.2, 0) is 9.53 Å². The molecule has 3 unspecified atom stereocenters. The van der Waals surface area contributed by atoms with Gasteiger partial charge in [0.2, 0.25) is 5.91 Å². The van der Waals surface area contributed by atoms with Gasteiger partial charge in [0.15, 0.2) is 11.5 Å². The molecule has 0 radical (unpaired) electrons. The van der Waals surface area contributed by atoms with Gasteiger partial charge in [0.05, 0.1) is 47.3 Å². The van der Waals surface area contributed by atoms with Gasteiger partial charge in [-0.3, -0.25) is 14.9 Å². The zero-order valence-corrected chi connectivity index (χ0v) is 18.1. The Bertz CT molecular complexity index is 1400. The van der Waals surface area contributed by atoms with Crippen molar-refractivity contribution in [2.45, 2.75) is 31.4 Å². The molecule has 11 heteroatoms. The molecule has 8 nitrogen and oxygen atoms in total. The number of amides is 1. The number of carbonyl (C=O) groups excluding carboxylic acids is 1. The fraction of sp³-hybridized carbons (Fsp3) is 0.364.